The van der Waals surface area contributed by atoms with Gasteiger partial charge in [-0.15, -0.1) is 0 Å². The Morgan fingerprint density at radius 1 is 1.10 bits per heavy atom. The van der Waals surface area contributed by atoms with Gasteiger partial charge in [-0.05, 0) is 76.1 Å². The van der Waals surface area contributed by atoms with Gasteiger partial charge in [-0.25, -0.2) is 0 Å². The molecule has 1 saturated carbocycles. The minimum atomic E-state index is 0.333. The average Bonchev–Trinajstić information content (AvgIpc) is 3.53. The molecule has 6 nitrogen and oxygen atoms in total. The zero-order chi connectivity index (χ0) is 20.8. The number of nitrogens with one attached hydrogen (secondary N) is 1. The SMILES string of the molecule is CN=C(NCc1ccc(OC)cc1OC1CCCC1)N1CCC(CN2CCCC2)C1. The fourth-order valence-corrected chi connectivity index (χ4v) is 5.11. The van der Waals surface area contributed by atoms with Crippen LogP contribution in [0.15, 0.2) is 23.2 Å². The summed E-state index contributed by atoms with van der Waals surface area (Å²) in [5.41, 5.74) is 1.16. The molecular formula is C24H38N4O2. The molecule has 1 atom stereocenters. The first-order valence-corrected chi connectivity index (χ1v) is 11.8. The molecule has 0 aromatic heterocycles. The van der Waals surface area contributed by atoms with Crippen LogP contribution >= 0.6 is 0 Å². The van der Waals surface area contributed by atoms with Crippen LogP contribution in [0.5, 0.6) is 11.5 Å². The standard InChI is InChI=1S/C24H38N4O2/c1-25-24(28-14-11-19(18-28)17-27-12-5-6-13-27)26-16-20-9-10-22(29-2)15-23(20)30-21-7-3-4-8-21/h9-10,15,19,21H,3-8,11-14,16-18H2,1-2H3,(H,25,26). The van der Waals surface area contributed by atoms with E-state index in [1.807, 2.05) is 19.2 Å². The van der Waals surface area contributed by atoms with E-state index in [-0.39, 0.29) is 0 Å². The summed E-state index contributed by atoms with van der Waals surface area (Å²) in [6.45, 7) is 6.71. The Hall–Kier alpha value is -1.95. The summed E-state index contributed by atoms with van der Waals surface area (Å²) in [6, 6.07) is 6.16. The van der Waals surface area contributed by atoms with Crippen molar-refractivity contribution in [1.29, 1.82) is 0 Å². The molecule has 3 aliphatic rings. The van der Waals surface area contributed by atoms with Crippen LogP contribution < -0.4 is 14.8 Å². The van der Waals surface area contributed by atoms with Crippen molar-refractivity contribution in [2.24, 2.45) is 10.9 Å². The van der Waals surface area contributed by atoms with Gasteiger partial charge in [0, 0.05) is 44.9 Å². The number of methoxy groups -OCH3 is 1. The third-order valence-electron chi connectivity index (χ3n) is 6.82. The lowest BCUT2D eigenvalue weighted by Gasteiger charge is -2.24. The highest BCUT2D eigenvalue weighted by molar-refractivity contribution is 5.80. The van der Waals surface area contributed by atoms with Crippen LogP contribution in [-0.2, 0) is 6.54 Å². The highest BCUT2D eigenvalue weighted by Crippen LogP contribution is 2.30. The Kier molecular flexibility index (Phi) is 7.37. The lowest BCUT2D eigenvalue weighted by atomic mass is 10.1. The Balaban J connectivity index is 1.34. The number of hydrogen-bond donors (Lipinski definition) is 1. The lowest BCUT2D eigenvalue weighted by Crippen LogP contribution is -2.40. The molecule has 0 bridgehead atoms. The minimum absolute atomic E-state index is 0.333. The summed E-state index contributed by atoms with van der Waals surface area (Å²) in [4.78, 5) is 9.62. The Labute approximate surface area is 181 Å². The summed E-state index contributed by atoms with van der Waals surface area (Å²) < 4.78 is 11.8. The van der Waals surface area contributed by atoms with E-state index in [2.05, 4.69) is 26.2 Å². The number of benzene rings is 1. The number of ether oxygens (including phenoxy) is 2. The van der Waals surface area contributed by atoms with Crippen LogP contribution in [-0.4, -0.2) is 68.7 Å². The maximum Gasteiger partial charge on any atom is 0.193 e. The lowest BCUT2D eigenvalue weighted by molar-refractivity contribution is 0.207. The van der Waals surface area contributed by atoms with Gasteiger partial charge in [-0.2, -0.15) is 0 Å². The highest BCUT2D eigenvalue weighted by Gasteiger charge is 2.27. The molecule has 2 saturated heterocycles. The number of guanidine groups is 1. The maximum absolute atomic E-state index is 6.35. The van der Waals surface area contributed by atoms with Gasteiger partial charge in [0.1, 0.15) is 11.5 Å². The van der Waals surface area contributed by atoms with Crippen molar-refractivity contribution < 1.29 is 9.47 Å². The first-order valence-electron chi connectivity index (χ1n) is 11.8. The zero-order valence-corrected chi connectivity index (χ0v) is 18.7. The fraction of sp³-hybridized carbons (Fsp3) is 0.708. The molecule has 0 radical (unpaired) electrons. The van der Waals surface area contributed by atoms with E-state index in [9.17, 15) is 0 Å². The summed E-state index contributed by atoms with van der Waals surface area (Å²) in [6.07, 6.45) is 9.16. The van der Waals surface area contributed by atoms with Gasteiger partial charge in [0.25, 0.3) is 0 Å². The first-order chi connectivity index (χ1) is 14.7. The number of hydrogen-bond acceptors (Lipinski definition) is 4. The van der Waals surface area contributed by atoms with Crippen molar-refractivity contribution in [2.75, 3.05) is 46.9 Å². The second kappa shape index (κ2) is 10.4. The first kappa shape index (κ1) is 21.3. The van der Waals surface area contributed by atoms with Gasteiger partial charge in [-0.1, -0.05) is 0 Å². The zero-order valence-electron chi connectivity index (χ0n) is 18.7. The van der Waals surface area contributed by atoms with E-state index in [1.54, 1.807) is 7.11 Å². The summed E-state index contributed by atoms with van der Waals surface area (Å²) >= 11 is 0. The van der Waals surface area contributed by atoms with Gasteiger partial charge in [-0.3, -0.25) is 4.99 Å². The van der Waals surface area contributed by atoms with E-state index >= 15 is 0 Å². The Morgan fingerprint density at radius 3 is 2.63 bits per heavy atom. The van der Waals surface area contributed by atoms with Gasteiger partial charge >= 0.3 is 0 Å². The predicted molar refractivity (Wildman–Crippen MR) is 121 cm³/mol. The average molecular weight is 415 g/mol. The van der Waals surface area contributed by atoms with Crippen molar-refractivity contribution in [1.82, 2.24) is 15.1 Å². The number of nitrogens with zero attached hydrogens (tertiary/aromatic N) is 3. The van der Waals surface area contributed by atoms with Crippen LogP contribution in [0, 0.1) is 5.92 Å². The monoisotopic (exact) mass is 414 g/mol. The molecular weight excluding hydrogens is 376 g/mol. The Bertz CT molecular complexity index is 711. The molecule has 0 amide bonds. The van der Waals surface area contributed by atoms with Gasteiger partial charge in [0.15, 0.2) is 5.96 Å². The van der Waals surface area contributed by atoms with Crippen LogP contribution in [0.25, 0.3) is 0 Å². The fourth-order valence-electron chi connectivity index (χ4n) is 5.11. The van der Waals surface area contributed by atoms with Crippen LogP contribution in [0.2, 0.25) is 0 Å². The molecule has 1 aromatic rings. The molecule has 4 rings (SSSR count). The topological polar surface area (TPSA) is 49.3 Å². The quantitative estimate of drug-likeness (QED) is 0.547. The van der Waals surface area contributed by atoms with Crippen LogP contribution in [0.1, 0.15) is 50.5 Å². The van der Waals surface area contributed by atoms with E-state index in [0.29, 0.717) is 12.6 Å². The highest BCUT2D eigenvalue weighted by atomic mass is 16.5. The van der Waals surface area contributed by atoms with Gasteiger partial charge < -0.3 is 24.6 Å². The van der Waals surface area contributed by atoms with Crippen molar-refractivity contribution >= 4 is 5.96 Å². The molecule has 6 heteroatoms. The number of rotatable bonds is 7. The molecule has 1 N–H and O–H groups in total. The van der Waals surface area contributed by atoms with Crippen LogP contribution in [0.4, 0.5) is 0 Å². The summed E-state index contributed by atoms with van der Waals surface area (Å²) in [5.74, 6) is 3.54. The largest absolute Gasteiger partial charge is 0.497 e. The van der Waals surface area contributed by atoms with E-state index in [1.165, 1.54) is 51.7 Å². The molecule has 2 aliphatic heterocycles. The van der Waals surface area contributed by atoms with E-state index < -0.39 is 0 Å². The number of aliphatic imine (C=N–C) groups is 1. The summed E-state index contributed by atoms with van der Waals surface area (Å²) in [5, 5.41) is 3.59. The third kappa shape index (κ3) is 5.39. The predicted octanol–water partition coefficient (Wildman–Crippen LogP) is 3.51. The van der Waals surface area contributed by atoms with Crippen LogP contribution in [0.3, 0.4) is 0 Å². The molecule has 2 heterocycles. The minimum Gasteiger partial charge on any atom is -0.497 e. The third-order valence-corrected chi connectivity index (χ3v) is 6.82. The van der Waals surface area contributed by atoms with Crippen molar-refractivity contribution in [2.45, 2.75) is 57.6 Å². The summed E-state index contributed by atoms with van der Waals surface area (Å²) in [7, 11) is 3.60. The molecule has 1 unspecified atom stereocenters. The van der Waals surface area contributed by atoms with Crippen molar-refractivity contribution in [3.63, 3.8) is 0 Å². The number of likely N-dealkylation sites (tertiary alicyclic amines) is 2. The van der Waals surface area contributed by atoms with Gasteiger partial charge in [0.05, 0.1) is 13.2 Å². The van der Waals surface area contributed by atoms with Gasteiger partial charge in [0.2, 0.25) is 0 Å². The molecule has 1 aromatic carbocycles. The molecule has 30 heavy (non-hydrogen) atoms. The normalized spacial score (nSPS) is 23.3. The van der Waals surface area contributed by atoms with E-state index in [4.69, 9.17) is 9.47 Å². The molecule has 166 valence electrons. The smallest absolute Gasteiger partial charge is 0.193 e. The molecule has 1 aliphatic carbocycles. The second-order valence-electron chi connectivity index (χ2n) is 9.01. The van der Waals surface area contributed by atoms with Crippen molar-refractivity contribution in [3.8, 4) is 11.5 Å². The Morgan fingerprint density at radius 2 is 1.90 bits per heavy atom. The van der Waals surface area contributed by atoms with E-state index in [0.717, 1.165) is 54.9 Å². The molecule has 3 fully saturated rings. The molecule has 0 spiro atoms. The maximum atomic E-state index is 6.35. The second-order valence-corrected chi connectivity index (χ2v) is 9.01. The van der Waals surface area contributed by atoms with Crippen molar-refractivity contribution in [3.05, 3.63) is 23.8 Å².